The van der Waals surface area contributed by atoms with Gasteiger partial charge in [0, 0.05) is 9.99 Å². The summed E-state index contributed by atoms with van der Waals surface area (Å²) in [5, 5.41) is 0. The maximum absolute atomic E-state index is 12.7. The van der Waals surface area contributed by atoms with E-state index in [4.69, 9.17) is 0 Å². The highest BCUT2D eigenvalue weighted by Crippen LogP contribution is 2.46. The summed E-state index contributed by atoms with van der Waals surface area (Å²) >= 11 is 2.18. The number of anilines is 1. The highest BCUT2D eigenvalue weighted by molar-refractivity contribution is 14.1. The average Bonchev–Trinajstić information content (AvgIpc) is 2.63. The highest BCUT2D eigenvalue weighted by Gasteiger charge is 2.52. The molecule has 0 N–H and O–H groups in total. The van der Waals surface area contributed by atoms with Crippen molar-refractivity contribution in [3.8, 4) is 0 Å². The molecule has 1 aliphatic carbocycles. The van der Waals surface area contributed by atoms with E-state index in [0.717, 1.165) is 34.9 Å². The van der Waals surface area contributed by atoms with Gasteiger partial charge in [0.1, 0.15) is 0 Å². The lowest BCUT2D eigenvalue weighted by Crippen LogP contribution is -2.37. The first-order valence-electron chi connectivity index (χ1n) is 6.76. The molecule has 19 heavy (non-hydrogen) atoms. The monoisotopic (exact) mass is 369 g/mol. The fraction of sp³-hybridized carbons (Fsp3) is 0.467. The SMILES string of the molecule is O=C1CC2(CCCCC2)C(=O)N1c1ccccc1I. The Labute approximate surface area is 126 Å². The van der Waals surface area contributed by atoms with Gasteiger partial charge in [-0.3, -0.25) is 9.59 Å². The summed E-state index contributed by atoms with van der Waals surface area (Å²) in [5.41, 5.74) is 0.356. The number of carbonyl (C=O) groups excluding carboxylic acids is 2. The van der Waals surface area contributed by atoms with E-state index < -0.39 is 5.41 Å². The predicted molar refractivity (Wildman–Crippen MR) is 81.8 cm³/mol. The number of para-hydroxylation sites is 1. The van der Waals surface area contributed by atoms with E-state index in [2.05, 4.69) is 22.6 Å². The van der Waals surface area contributed by atoms with Gasteiger partial charge in [0.05, 0.1) is 11.1 Å². The van der Waals surface area contributed by atoms with Gasteiger partial charge in [-0.2, -0.15) is 0 Å². The van der Waals surface area contributed by atoms with E-state index >= 15 is 0 Å². The first kappa shape index (κ1) is 13.1. The molecule has 4 heteroatoms. The van der Waals surface area contributed by atoms with Crippen LogP contribution in [0, 0.1) is 8.99 Å². The second kappa shape index (κ2) is 4.89. The Balaban J connectivity index is 1.98. The molecule has 0 radical (unpaired) electrons. The van der Waals surface area contributed by atoms with Gasteiger partial charge in [-0.05, 0) is 47.6 Å². The average molecular weight is 369 g/mol. The van der Waals surface area contributed by atoms with Gasteiger partial charge in [0.15, 0.2) is 0 Å². The lowest BCUT2D eigenvalue weighted by atomic mass is 9.73. The zero-order valence-electron chi connectivity index (χ0n) is 10.7. The van der Waals surface area contributed by atoms with Crippen LogP contribution in [0.25, 0.3) is 0 Å². The van der Waals surface area contributed by atoms with E-state index in [0.29, 0.717) is 6.42 Å². The molecule has 1 heterocycles. The standard InChI is InChI=1S/C15H16INO2/c16-11-6-2-3-7-12(11)17-13(18)10-15(14(17)19)8-4-1-5-9-15/h2-3,6-7H,1,4-5,8-10H2. The molecule has 2 aliphatic rings. The maximum Gasteiger partial charge on any atom is 0.240 e. The van der Waals surface area contributed by atoms with Crippen LogP contribution in [0.2, 0.25) is 0 Å². The number of rotatable bonds is 1. The summed E-state index contributed by atoms with van der Waals surface area (Å²) in [5.74, 6) is -0.00247. The third kappa shape index (κ3) is 2.10. The number of hydrogen-bond acceptors (Lipinski definition) is 2. The first-order chi connectivity index (χ1) is 9.14. The number of amides is 2. The second-order valence-corrected chi connectivity index (χ2v) is 6.67. The Morgan fingerprint density at radius 1 is 1.05 bits per heavy atom. The fourth-order valence-corrected chi connectivity index (χ4v) is 3.92. The molecule has 1 aliphatic heterocycles. The minimum atomic E-state index is -0.395. The Morgan fingerprint density at radius 2 is 1.74 bits per heavy atom. The number of nitrogens with zero attached hydrogens (tertiary/aromatic N) is 1. The van der Waals surface area contributed by atoms with Crippen LogP contribution in [0.5, 0.6) is 0 Å². The Hall–Kier alpha value is -0.910. The zero-order valence-corrected chi connectivity index (χ0v) is 12.9. The van der Waals surface area contributed by atoms with E-state index in [9.17, 15) is 9.59 Å². The topological polar surface area (TPSA) is 37.4 Å². The van der Waals surface area contributed by atoms with Gasteiger partial charge in [-0.1, -0.05) is 31.4 Å². The van der Waals surface area contributed by atoms with Gasteiger partial charge in [-0.15, -0.1) is 0 Å². The predicted octanol–water partition coefficient (Wildman–Crippen LogP) is 3.51. The molecule has 3 nitrogen and oxygen atoms in total. The van der Waals surface area contributed by atoms with Crippen molar-refractivity contribution in [2.45, 2.75) is 38.5 Å². The Bertz CT molecular complexity index is 535. The second-order valence-electron chi connectivity index (χ2n) is 5.50. The summed E-state index contributed by atoms with van der Waals surface area (Å²) in [7, 11) is 0. The smallest absolute Gasteiger partial charge is 0.240 e. The molecule has 1 aromatic rings. The van der Waals surface area contributed by atoms with Crippen molar-refractivity contribution in [2.24, 2.45) is 5.41 Å². The summed E-state index contributed by atoms with van der Waals surface area (Å²) < 4.78 is 0.953. The molecule has 0 bridgehead atoms. The van der Waals surface area contributed by atoms with Gasteiger partial charge < -0.3 is 0 Å². The molecule has 2 fully saturated rings. The van der Waals surface area contributed by atoms with Crippen LogP contribution >= 0.6 is 22.6 Å². The van der Waals surface area contributed by atoms with Crippen LogP contribution in [-0.4, -0.2) is 11.8 Å². The van der Waals surface area contributed by atoms with Crippen molar-refractivity contribution in [2.75, 3.05) is 4.90 Å². The number of imide groups is 1. The number of carbonyl (C=O) groups is 2. The van der Waals surface area contributed by atoms with Crippen molar-refractivity contribution >= 4 is 40.1 Å². The molecule has 2 amide bonds. The van der Waals surface area contributed by atoms with Crippen molar-refractivity contribution < 1.29 is 9.59 Å². The van der Waals surface area contributed by atoms with Crippen molar-refractivity contribution in [3.05, 3.63) is 27.8 Å². The van der Waals surface area contributed by atoms with Crippen LogP contribution in [-0.2, 0) is 9.59 Å². The quantitative estimate of drug-likeness (QED) is 0.561. The van der Waals surface area contributed by atoms with Crippen molar-refractivity contribution in [1.82, 2.24) is 0 Å². The van der Waals surface area contributed by atoms with Crippen LogP contribution in [0.3, 0.4) is 0 Å². The number of halogens is 1. The van der Waals surface area contributed by atoms with E-state index in [1.807, 2.05) is 24.3 Å². The fourth-order valence-electron chi connectivity index (χ4n) is 3.29. The van der Waals surface area contributed by atoms with Crippen LogP contribution in [0.15, 0.2) is 24.3 Å². The summed E-state index contributed by atoms with van der Waals surface area (Å²) in [6.45, 7) is 0. The number of benzene rings is 1. The van der Waals surface area contributed by atoms with Crippen molar-refractivity contribution in [1.29, 1.82) is 0 Å². The van der Waals surface area contributed by atoms with Gasteiger partial charge in [0.2, 0.25) is 11.8 Å². The summed E-state index contributed by atoms with van der Waals surface area (Å²) in [6.07, 6.45) is 5.47. The van der Waals surface area contributed by atoms with Gasteiger partial charge in [-0.25, -0.2) is 4.90 Å². The van der Waals surface area contributed by atoms with E-state index in [-0.39, 0.29) is 11.8 Å². The number of hydrogen-bond donors (Lipinski definition) is 0. The van der Waals surface area contributed by atoms with Crippen LogP contribution < -0.4 is 4.90 Å². The Morgan fingerprint density at radius 3 is 2.42 bits per heavy atom. The minimum Gasteiger partial charge on any atom is -0.274 e. The first-order valence-corrected chi connectivity index (χ1v) is 7.84. The maximum atomic E-state index is 12.7. The molecule has 0 atom stereocenters. The molecular weight excluding hydrogens is 353 g/mol. The van der Waals surface area contributed by atoms with E-state index in [1.54, 1.807) is 0 Å². The third-order valence-corrected chi connectivity index (χ3v) is 5.21. The lowest BCUT2D eigenvalue weighted by Gasteiger charge is -2.30. The molecule has 1 spiro atoms. The summed E-state index contributed by atoms with van der Waals surface area (Å²) in [4.78, 5) is 26.5. The van der Waals surface area contributed by atoms with Gasteiger partial charge in [0.25, 0.3) is 0 Å². The van der Waals surface area contributed by atoms with Gasteiger partial charge >= 0.3 is 0 Å². The molecule has 3 rings (SSSR count). The molecule has 1 saturated carbocycles. The highest BCUT2D eigenvalue weighted by atomic mass is 127. The minimum absolute atomic E-state index is 0.0290. The third-order valence-electron chi connectivity index (χ3n) is 4.30. The zero-order chi connectivity index (χ0) is 13.5. The summed E-state index contributed by atoms with van der Waals surface area (Å²) in [6, 6.07) is 7.60. The molecular formula is C15H16INO2. The molecule has 0 aromatic heterocycles. The van der Waals surface area contributed by atoms with Crippen molar-refractivity contribution in [3.63, 3.8) is 0 Å². The van der Waals surface area contributed by atoms with E-state index in [1.165, 1.54) is 11.3 Å². The molecule has 1 aromatic carbocycles. The van der Waals surface area contributed by atoms with Crippen LogP contribution in [0.4, 0.5) is 5.69 Å². The largest absolute Gasteiger partial charge is 0.274 e. The Kier molecular flexibility index (Phi) is 3.37. The molecule has 1 saturated heterocycles. The normalized spacial score (nSPS) is 22.3. The molecule has 100 valence electrons. The van der Waals surface area contributed by atoms with Crippen LogP contribution in [0.1, 0.15) is 38.5 Å². The lowest BCUT2D eigenvalue weighted by molar-refractivity contribution is -0.127. The molecule has 0 unspecified atom stereocenters.